The fourth-order valence-corrected chi connectivity index (χ4v) is 4.48. The number of nitrogen functional groups attached to an aromatic ring is 1. The van der Waals surface area contributed by atoms with E-state index in [0.717, 1.165) is 26.2 Å². The van der Waals surface area contributed by atoms with Gasteiger partial charge in [-0.05, 0) is 42.8 Å². The normalized spacial score (nSPS) is 10.9. The van der Waals surface area contributed by atoms with E-state index >= 15 is 0 Å². The molecule has 2 amide bonds. The second-order valence-corrected chi connectivity index (χ2v) is 8.30. The molecule has 0 atom stereocenters. The first-order valence-corrected chi connectivity index (χ1v) is 10.1. The summed E-state index contributed by atoms with van der Waals surface area (Å²) < 4.78 is 0. The zero-order valence-electron chi connectivity index (χ0n) is 15.2. The zero-order valence-corrected chi connectivity index (χ0v) is 17.5. The first-order valence-electron chi connectivity index (χ1n) is 8.55. The molecule has 9 heteroatoms. The first kappa shape index (κ1) is 19.4. The summed E-state index contributed by atoms with van der Waals surface area (Å²) in [5.41, 5.74) is 8.96. The number of hydrogen-bond acceptors (Lipinski definition) is 5. The van der Waals surface area contributed by atoms with Crippen molar-refractivity contribution in [3.05, 3.63) is 63.7 Å². The molecule has 4 rings (SSSR count). The van der Waals surface area contributed by atoms with Gasteiger partial charge >= 0.3 is 6.03 Å². The van der Waals surface area contributed by atoms with Crippen LogP contribution in [-0.2, 0) is 0 Å². The summed E-state index contributed by atoms with van der Waals surface area (Å²) in [7, 11) is 0. The van der Waals surface area contributed by atoms with Crippen LogP contribution < -0.4 is 16.4 Å². The number of carbonyl (C=O) groups excluding carboxylic acids is 1. The molecule has 0 aliphatic heterocycles. The Hall–Kier alpha value is -2.87. The Morgan fingerprint density at radius 1 is 1.10 bits per heavy atom. The summed E-state index contributed by atoms with van der Waals surface area (Å²) >= 11 is 13.9. The number of rotatable bonds is 3. The van der Waals surface area contributed by atoms with Crippen LogP contribution in [0, 0.1) is 6.92 Å². The number of nitrogens with one attached hydrogen (secondary N) is 2. The van der Waals surface area contributed by atoms with E-state index in [9.17, 15) is 4.79 Å². The summed E-state index contributed by atoms with van der Waals surface area (Å²) in [6, 6.07) is 11.9. The highest BCUT2D eigenvalue weighted by Gasteiger charge is 2.17. The second-order valence-electron chi connectivity index (χ2n) is 6.26. The number of carbonyl (C=O) groups is 1. The smallest absolute Gasteiger partial charge is 0.323 e. The fraction of sp³-hybridized carbons (Fsp3) is 0.0500. The van der Waals surface area contributed by atoms with Gasteiger partial charge in [0.15, 0.2) is 0 Å². The van der Waals surface area contributed by atoms with Crippen molar-refractivity contribution in [2.45, 2.75) is 6.92 Å². The standard InChI is InChI=1S/C20H15Cl2N5OS/c1-10-16(17-18(23)24-9-25-19(17)29-10)11-5-6-15(14(22)7-11)27-20(28)26-13-4-2-3-12(21)8-13/h2-9H,1H3,(H2,23,24,25)(H2,26,27,28). The number of hydrogen-bond donors (Lipinski definition) is 3. The Balaban J connectivity index is 1.61. The number of halogens is 2. The molecule has 4 aromatic rings. The molecule has 6 nitrogen and oxygen atoms in total. The quantitative estimate of drug-likeness (QED) is 0.351. The van der Waals surface area contributed by atoms with E-state index < -0.39 is 6.03 Å². The third kappa shape index (κ3) is 3.98. The van der Waals surface area contributed by atoms with Crippen LogP contribution in [0.3, 0.4) is 0 Å². The number of amides is 2. The summed E-state index contributed by atoms with van der Waals surface area (Å²) in [5, 5.41) is 7.20. The van der Waals surface area contributed by atoms with Gasteiger partial charge in [-0.3, -0.25) is 0 Å². The largest absolute Gasteiger partial charge is 0.383 e. The first-order chi connectivity index (χ1) is 13.9. The Labute approximate surface area is 180 Å². The van der Waals surface area contributed by atoms with E-state index in [1.807, 2.05) is 13.0 Å². The monoisotopic (exact) mass is 443 g/mol. The Bertz CT molecular complexity index is 1240. The van der Waals surface area contributed by atoms with Gasteiger partial charge in [0, 0.05) is 21.2 Å². The number of benzene rings is 2. The molecule has 0 bridgehead atoms. The highest BCUT2D eigenvalue weighted by atomic mass is 35.5. The van der Waals surface area contributed by atoms with Crippen LogP contribution >= 0.6 is 34.5 Å². The molecule has 0 radical (unpaired) electrons. The van der Waals surface area contributed by atoms with Crippen LogP contribution in [-0.4, -0.2) is 16.0 Å². The number of anilines is 3. The molecule has 4 N–H and O–H groups in total. The molecule has 29 heavy (non-hydrogen) atoms. The average Bonchev–Trinajstić information content (AvgIpc) is 3.00. The topological polar surface area (TPSA) is 92.9 Å². The van der Waals surface area contributed by atoms with Crippen LogP contribution in [0.4, 0.5) is 22.0 Å². The van der Waals surface area contributed by atoms with Crippen LogP contribution in [0.2, 0.25) is 10.0 Å². The minimum atomic E-state index is -0.420. The molecule has 0 saturated carbocycles. The number of aromatic nitrogens is 2. The molecule has 2 aromatic heterocycles. The van der Waals surface area contributed by atoms with Crippen molar-refractivity contribution in [2.24, 2.45) is 0 Å². The maximum Gasteiger partial charge on any atom is 0.323 e. The van der Waals surface area contributed by atoms with Crippen LogP contribution in [0.25, 0.3) is 21.3 Å². The highest BCUT2D eigenvalue weighted by Crippen LogP contribution is 2.41. The van der Waals surface area contributed by atoms with Crippen molar-refractivity contribution in [3.8, 4) is 11.1 Å². The van der Waals surface area contributed by atoms with E-state index in [0.29, 0.717) is 27.2 Å². The van der Waals surface area contributed by atoms with Crippen molar-refractivity contribution in [1.82, 2.24) is 9.97 Å². The van der Waals surface area contributed by atoms with Gasteiger partial charge in [-0.2, -0.15) is 0 Å². The maximum atomic E-state index is 12.3. The average molecular weight is 444 g/mol. The van der Waals surface area contributed by atoms with Crippen LogP contribution in [0.1, 0.15) is 4.88 Å². The van der Waals surface area contributed by atoms with Gasteiger partial charge in [0.2, 0.25) is 0 Å². The second kappa shape index (κ2) is 7.87. The van der Waals surface area contributed by atoms with E-state index in [-0.39, 0.29) is 0 Å². The summed E-state index contributed by atoms with van der Waals surface area (Å²) in [4.78, 5) is 22.6. The van der Waals surface area contributed by atoms with Gasteiger partial charge < -0.3 is 16.4 Å². The SMILES string of the molecule is Cc1sc2ncnc(N)c2c1-c1ccc(NC(=O)Nc2cccc(Cl)c2)c(Cl)c1. The zero-order chi connectivity index (χ0) is 20.5. The number of thiophene rings is 1. The number of nitrogens with zero attached hydrogens (tertiary/aromatic N) is 2. The minimum absolute atomic E-state index is 0.401. The molecule has 0 aliphatic rings. The molecular formula is C20H15Cl2N5OS. The number of fused-ring (bicyclic) bond motifs is 1. The molecule has 0 saturated heterocycles. The minimum Gasteiger partial charge on any atom is -0.383 e. The van der Waals surface area contributed by atoms with Gasteiger partial charge in [-0.25, -0.2) is 14.8 Å². The molecule has 0 aliphatic carbocycles. The van der Waals surface area contributed by atoms with Crippen molar-refractivity contribution >= 4 is 68.0 Å². The van der Waals surface area contributed by atoms with Crippen LogP contribution in [0.15, 0.2) is 48.8 Å². The molecule has 2 aromatic carbocycles. The molecule has 2 heterocycles. The number of aryl methyl sites for hydroxylation is 1. The van der Waals surface area contributed by atoms with E-state index in [1.54, 1.807) is 47.7 Å². The predicted molar refractivity (Wildman–Crippen MR) is 121 cm³/mol. The van der Waals surface area contributed by atoms with Gasteiger partial charge in [0.1, 0.15) is 17.0 Å². The maximum absolute atomic E-state index is 12.3. The van der Waals surface area contributed by atoms with E-state index in [2.05, 4.69) is 20.6 Å². The van der Waals surface area contributed by atoms with Gasteiger partial charge in [0.25, 0.3) is 0 Å². The summed E-state index contributed by atoms with van der Waals surface area (Å²) in [6.07, 6.45) is 1.45. The lowest BCUT2D eigenvalue weighted by atomic mass is 10.0. The molecule has 146 valence electrons. The summed E-state index contributed by atoms with van der Waals surface area (Å²) in [6.45, 7) is 2.00. The van der Waals surface area contributed by atoms with Crippen molar-refractivity contribution < 1.29 is 4.79 Å². The summed E-state index contributed by atoms with van der Waals surface area (Å²) in [5.74, 6) is 0.425. The highest BCUT2D eigenvalue weighted by molar-refractivity contribution is 7.19. The van der Waals surface area contributed by atoms with E-state index in [4.69, 9.17) is 28.9 Å². The third-order valence-electron chi connectivity index (χ3n) is 4.28. The predicted octanol–water partition coefficient (Wildman–Crippen LogP) is 6.20. The number of nitrogens with two attached hydrogens (primary N) is 1. The van der Waals surface area contributed by atoms with Crippen LogP contribution in [0.5, 0.6) is 0 Å². The molecule has 0 spiro atoms. The van der Waals surface area contributed by atoms with Crippen molar-refractivity contribution in [3.63, 3.8) is 0 Å². The Morgan fingerprint density at radius 2 is 1.93 bits per heavy atom. The van der Waals surface area contributed by atoms with E-state index in [1.165, 1.54) is 6.33 Å². The van der Waals surface area contributed by atoms with Crippen molar-refractivity contribution in [2.75, 3.05) is 16.4 Å². The third-order valence-corrected chi connectivity index (χ3v) is 5.84. The lowest BCUT2D eigenvalue weighted by Gasteiger charge is -2.11. The fourth-order valence-electron chi connectivity index (χ4n) is 3.04. The number of urea groups is 1. The Kier molecular flexibility index (Phi) is 5.27. The van der Waals surface area contributed by atoms with Gasteiger partial charge in [-0.1, -0.05) is 35.3 Å². The lowest BCUT2D eigenvalue weighted by Crippen LogP contribution is -2.19. The molecule has 0 unspecified atom stereocenters. The molecular weight excluding hydrogens is 429 g/mol. The lowest BCUT2D eigenvalue weighted by molar-refractivity contribution is 0.262. The van der Waals surface area contributed by atoms with Gasteiger partial charge in [0.05, 0.1) is 16.1 Å². The molecule has 0 fully saturated rings. The van der Waals surface area contributed by atoms with Crippen molar-refractivity contribution in [1.29, 1.82) is 0 Å². The Morgan fingerprint density at radius 3 is 2.69 bits per heavy atom. The van der Waals surface area contributed by atoms with Gasteiger partial charge in [-0.15, -0.1) is 11.3 Å².